The highest BCUT2D eigenvalue weighted by atomic mass is 15.0. The molecule has 0 spiro atoms. The minimum Gasteiger partial charge on any atom is -0.295 e. The fourth-order valence-electron chi connectivity index (χ4n) is 3.52. The van der Waals surface area contributed by atoms with Crippen molar-refractivity contribution in [1.29, 1.82) is 5.26 Å². The summed E-state index contributed by atoms with van der Waals surface area (Å²) in [6, 6.07) is 12.9. The second-order valence-corrected chi connectivity index (χ2v) is 5.79. The zero-order valence-electron chi connectivity index (χ0n) is 11.4. The molecule has 98 valence electrons. The van der Waals surface area contributed by atoms with Gasteiger partial charge in [0.25, 0.3) is 0 Å². The number of nitriles is 1. The van der Waals surface area contributed by atoms with E-state index >= 15 is 0 Å². The summed E-state index contributed by atoms with van der Waals surface area (Å²) in [5.41, 5.74) is 2.46. The first-order chi connectivity index (χ1) is 9.27. The van der Waals surface area contributed by atoms with Crippen LogP contribution in [0.4, 0.5) is 0 Å². The number of benzene rings is 1. The highest BCUT2D eigenvalue weighted by Crippen LogP contribution is 2.52. The van der Waals surface area contributed by atoms with Crippen LogP contribution in [0.25, 0.3) is 0 Å². The number of fused-ring (bicyclic) bond motifs is 1. The predicted octanol–water partition coefficient (Wildman–Crippen LogP) is 3.41. The summed E-state index contributed by atoms with van der Waals surface area (Å²) in [7, 11) is 0. The molecule has 3 atom stereocenters. The van der Waals surface area contributed by atoms with Gasteiger partial charge in [-0.3, -0.25) is 5.32 Å². The average molecular weight is 252 g/mol. The largest absolute Gasteiger partial charge is 0.295 e. The smallest absolute Gasteiger partial charge is 0.113 e. The number of nitrogens with zero attached hydrogens (tertiary/aromatic N) is 1. The van der Waals surface area contributed by atoms with Gasteiger partial charge >= 0.3 is 0 Å². The topological polar surface area (TPSA) is 35.8 Å². The van der Waals surface area contributed by atoms with E-state index < -0.39 is 0 Å². The van der Waals surface area contributed by atoms with Crippen molar-refractivity contribution in [1.82, 2.24) is 5.32 Å². The number of nitrogens with one attached hydrogen (secondary N) is 1. The van der Waals surface area contributed by atoms with Gasteiger partial charge in [0.05, 0.1) is 6.07 Å². The first-order valence-corrected chi connectivity index (χ1v) is 7.17. The number of hydrogen-bond donors (Lipinski definition) is 1. The first kappa shape index (κ1) is 12.4. The van der Waals surface area contributed by atoms with Crippen LogP contribution in [0.2, 0.25) is 0 Å². The zero-order valence-corrected chi connectivity index (χ0v) is 11.4. The molecular formula is C17H20N2. The molecule has 1 N–H and O–H groups in total. The van der Waals surface area contributed by atoms with Crippen molar-refractivity contribution in [3.8, 4) is 6.07 Å². The number of hydrogen-bond acceptors (Lipinski definition) is 2. The Labute approximate surface area is 115 Å². The van der Waals surface area contributed by atoms with Gasteiger partial charge in [0.15, 0.2) is 0 Å². The lowest BCUT2D eigenvalue weighted by molar-refractivity contribution is 0.0985. The van der Waals surface area contributed by atoms with E-state index in [1.165, 1.54) is 17.6 Å². The Morgan fingerprint density at radius 1 is 1.37 bits per heavy atom. The van der Waals surface area contributed by atoms with Gasteiger partial charge < -0.3 is 0 Å². The molecule has 0 heterocycles. The van der Waals surface area contributed by atoms with Crippen LogP contribution in [-0.4, -0.2) is 5.54 Å². The molecule has 3 rings (SSSR count). The summed E-state index contributed by atoms with van der Waals surface area (Å²) in [6.45, 7) is 3.00. The lowest BCUT2D eigenvalue weighted by atomic mass is 9.61. The van der Waals surface area contributed by atoms with Gasteiger partial charge in [0.2, 0.25) is 0 Å². The number of allylic oxidation sites excluding steroid dienone is 1. The Hall–Kier alpha value is -1.59. The van der Waals surface area contributed by atoms with Crippen LogP contribution in [0.1, 0.15) is 31.7 Å². The molecule has 2 heteroatoms. The van der Waals surface area contributed by atoms with Gasteiger partial charge in [-0.05, 0) is 30.7 Å². The Morgan fingerprint density at radius 2 is 2.16 bits per heavy atom. The minimum absolute atomic E-state index is 0.322. The molecule has 1 fully saturated rings. The molecule has 19 heavy (non-hydrogen) atoms. The second kappa shape index (κ2) is 4.83. The van der Waals surface area contributed by atoms with E-state index in [2.05, 4.69) is 36.5 Å². The van der Waals surface area contributed by atoms with Crippen molar-refractivity contribution in [3.05, 3.63) is 47.5 Å². The van der Waals surface area contributed by atoms with E-state index in [9.17, 15) is 5.26 Å². The summed E-state index contributed by atoms with van der Waals surface area (Å²) < 4.78 is 0. The number of rotatable bonds is 4. The fraction of sp³-hybridized carbons (Fsp3) is 0.471. The van der Waals surface area contributed by atoms with Crippen LogP contribution in [0.5, 0.6) is 0 Å². The van der Waals surface area contributed by atoms with Crippen LogP contribution in [0.15, 0.2) is 42.0 Å². The summed E-state index contributed by atoms with van der Waals surface area (Å²) in [5.74, 6) is 1.13. The quantitative estimate of drug-likeness (QED) is 0.833. The maximum absolute atomic E-state index is 9.58. The monoisotopic (exact) mass is 252 g/mol. The standard InChI is InChI=1S/C17H20N2/c1-2-13-8-15-10-17(12-18,16(15)9-13)19-11-14-6-4-3-5-7-14/h3-7,9,15-16,19H,2,8,10-11H2,1H3/t15-,16-,17-/m1/s1. The van der Waals surface area contributed by atoms with Crippen molar-refractivity contribution in [3.63, 3.8) is 0 Å². The third-order valence-electron chi connectivity index (χ3n) is 4.71. The average Bonchev–Trinajstić information content (AvgIpc) is 2.80. The van der Waals surface area contributed by atoms with E-state index in [4.69, 9.17) is 0 Å². The third-order valence-corrected chi connectivity index (χ3v) is 4.71. The normalized spacial score (nSPS) is 32.1. The van der Waals surface area contributed by atoms with Gasteiger partial charge in [0, 0.05) is 12.5 Å². The van der Waals surface area contributed by atoms with Crippen LogP contribution in [-0.2, 0) is 6.54 Å². The van der Waals surface area contributed by atoms with Crippen molar-refractivity contribution in [2.24, 2.45) is 11.8 Å². The van der Waals surface area contributed by atoms with Gasteiger partial charge in [-0.1, -0.05) is 48.9 Å². The van der Waals surface area contributed by atoms with Crippen LogP contribution < -0.4 is 5.32 Å². The molecule has 2 nitrogen and oxygen atoms in total. The molecule has 0 unspecified atom stereocenters. The molecule has 0 aliphatic heterocycles. The van der Waals surface area contributed by atoms with Crippen LogP contribution in [0.3, 0.4) is 0 Å². The maximum atomic E-state index is 9.58. The third kappa shape index (κ3) is 2.09. The lowest BCUT2D eigenvalue weighted by Crippen LogP contribution is -2.60. The minimum atomic E-state index is -0.322. The summed E-state index contributed by atoms with van der Waals surface area (Å²) >= 11 is 0. The maximum Gasteiger partial charge on any atom is 0.113 e. The fourth-order valence-corrected chi connectivity index (χ4v) is 3.52. The van der Waals surface area contributed by atoms with Crippen molar-refractivity contribution >= 4 is 0 Å². The molecule has 0 radical (unpaired) electrons. The van der Waals surface area contributed by atoms with Crippen molar-refractivity contribution in [2.45, 2.75) is 38.3 Å². The highest BCUT2D eigenvalue weighted by Gasteiger charge is 2.55. The first-order valence-electron chi connectivity index (χ1n) is 7.17. The molecule has 2 aliphatic rings. The Bertz CT molecular complexity index is 526. The molecular weight excluding hydrogens is 232 g/mol. The molecule has 2 aliphatic carbocycles. The van der Waals surface area contributed by atoms with Crippen molar-refractivity contribution in [2.75, 3.05) is 0 Å². The van der Waals surface area contributed by atoms with Crippen LogP contribution >= 0.6 is 0 Å². The van der Waals surface area contributed by atoms with E-state index in [1.807, 2.05) is 18.2 Å². The lowest BCUT2D eigenvalue weighted by Gasteiger charge is -2.48. The molecule has 0 amide bonds. The van der Waals surface area contributed by atoms with E-state index in [-0.39, 0.29) is 5.54 Å². The SMILES string of the molecule is CCC1=C[C@@H]2[C@H](C1)C[C@]2(C#N)NCc1ccccc1. The molecule has 0 saturated heterocycles. The van der Waals surface area contributed by atoms with Gasteiger partial charge in [0.1, 0.15) is 5.54 Å². The van der Waals surface area contributed by atoms with Gasteiger partial charge in [-0.25, -0.2) is 0 Å². The summed E-state index contributed by atoms with van der Waals surface area (Å²) in [4.78, 5) is 0. The Kier molecular flexibility index (Phi) is 3.16. The molecule has 1 aromatic carbocycles. The van der Waals surface area contributed by atoms with Gasteiger partial charge in [-0.15, -0.1) is 0 Å². The molecule has 0 aromatic heterocycles. The zero-order chi connectivity index (χ0) is 13.3. The van der Waals surface area contributed by atoms with E-state index in [0.29, 0.717) is 11.8 Å². The molecule has 1 saturated carbocycles. The molecule has 1 aromatic rings. The predicted molar refractivity (Wildman–Crippen MR) is 76.2 cm³/mol. The van der Waals surface area contributed by atoms with Crippen LogP contribution in [0, 0.1) is 23.2 Å². The summed E-state index contributed by atoms with van der Waals surface area (Å²) in [5, 5.41) is 13.1. The Morgan fingerprint density at radius 3 is 2.84 bits per heavy atom. The Balaban J connectivity index is 1.69. The summed E-state index contributed by atoms with van der Waals surface area (Å²) in [6.07, 6.45) is 5.70. The molecule has 0 bridgehead atoms. The highest BCUT2D eigenvalue weighted by molar-refractivity contribution is 5.32. The van der Waals surface area contributed by atoms with Gasteiger partial charge in [-0.2, -0.15) is 5.26 Å². The van der Waals surface area contributed by atoms with E-state index in [0.717, 1.165) is 19.4 Å². The van der Waals surface area contributed by atoms with E-state index in [1.54, 1.807) is 0 Å². The second-order valence-electron chi connectivity index (χ2n) is 5.79. The van der Waals surface area contributed by atoms with Crippen molar-refractivity contribution < 1.29 is 0 Å².